The number of halogens is 1. The third-order valence-electron chi connectivity index (χ3n) is 4.06. The van der Waals surface area contributed by atoms with Crippen LogP contribution in [0.1, 0.15) is 25.7 Å². The summed E-state index contributed by atoms with van der Waals surface area (Å²) < 4.78 is 22.7. The summed E-state index contributed by atoms with van der Waals surface area (Å²) in [5.41, 5.74) is 0. The summed E-state index contributed by atoms with van der Waals surface area (Å²) in [6.45, 7) is 3.24. The van der Waals surface area contributed by atoms with E-state index in [-0.39, 0.29) is 35.9 Å². The minimum absolute atomic E-state index is 0. The molecule has 1 atom stereocenters. The first-order chi connectivity index (χ1) is 8.96. The van der Waals surface area contributed by atoms with Gasteiger partial charge in [-0.2, -0.15) is 0 Å². The summed E-state index contributed by atoms with van der Waals surface area (Å²) in [4.78, 5) is 14.3. The quantitative estimate of drug-likeness (QED) is 0.829. The highest BCUT2D eigenvalue weighted by Gasteiger charge is 2.30. The van der Waals surface area contributed by atoms with Crippen LogP contribution in [0.25, 0.3) is 0 Å². The fourth-order valence-corrected chi connectivity index (χ4v) is 4.28. The van der Waals surface area contributed by atoms with Gasteiger partial charge >= 0.3 is 0 Å². The zero-order valence-corrected chi connectivity index (χ0v) is 13.6. The molecule has 2 heterocycles. The molecule has 2 aliphatic heterocycles. The zero-order chi connectivity index (χ0) is 13.9. The topological polar surface area (TPSA) is 66.5 Å². The van der Waals surface area contributed by atoms with Crippen molar-refractivity contribution in [3.63, 3.8) is 0 Å². The number of carbonyl (C=O) groups is 1. The number of nitrogens with zero attached hydrogens (tertiary/aromatic N) is 1. The second-order valence-electron chi connectivity index (χ2n) is 5.91. The summed E-state index contributed by atoms with van der Waals surface area (Å²) in [5.74, 6) is 0.704. The average molecular weight is 325 g/mol. The standard InChI is InChI=1S/C13H24N2O3S.ClH/c1-19(17,18)10-11-3-2-8-15(9-11)13(16)12-4-6-14-7-5-12;/h11-12,14H,2-10H2,1H3;1H. The van der Waals surface area contributed by atoms with Gasteiger partial charge < -0.3 is 10.2 Å². The molecule has 118 valence electrons. The molecule has 0 aromatic heterocycles. The van der Waals surface area contributed by atoms with E-state index in [4.69, 9.17) is 0 Å². The molecule has 7 heteroatoms. The van der Waals surface area contributed by atoms with E-state index >= 15 is 0 Å². The van der Waals surface area contributed by atoms with E-state index in [0.717, 1.165) is 45.3 Å². The molecule has 1 unspecified atom stereocenters. The van der Waals surface area contributed by atoms with Crippen LogP contribution in [0.4, 0.5) is 0 Å². The van der Waals surface area contributed by atoms with Crippen LogP contribution in [0.15, 0.2) is 0 Å². The molecule has 2 aliphatic rings. The average Bonchev–Trinajstić information content (AvgIpc) is 2.37. The van der Waals surface area contributed by atoms with Gasteiger partial charge in [0.15, 0.2) is 0 Å². The van der Waals surface area contributed by atoms with Crippen molar-refractivity contribution in [1.29, 1.82) is 0 Å². The highest BCUT2D eigenvalue weighted by Crippen LogP contribution is 2.22. The summed E-state index contributed by atoms with van der Waals surface area (Å²) in [6.07, 6.45) is 4.94. The maximum Gasteiger partial charge on any atom is 0.225 e. The number of piperidine rings is 2. The van der Waals surface area contributed by atoms with Gasteiger partial charge in [-0.25, -0.2) is 8.42 Å². The Labute approximate surface area is 127 Å². The highest BCUT2D eigenvalue weighted by atomic mass is 35.5. The Morgan fingerprint density at radius 1 is 1.25 bits per heavy atom. The lowest BCUT2D eigenvalue weighted by atomic mass is 9.93. The Balaban J connectivity index is 0.00000200. The third-order valence-corrected chi connectivity index (χ3v) is 5.13. The molecule has 2 rings (SSSR count). The normalized spacial score (nSPS) is 25.1. The van der Waals surface area contributed by atoms with E-state index in [2.05, 4.69) is 5.32 Å². The van der Waals surface area contributed by atoms with Crippen molar-refractivity contribution in [2.75, 3.05) is 38.2 Å². The number of nitrogens with one attached hydrogen (secondary N) is 1. The number of amides is 1. The zero-order valence-electron chi connectivity index (χ0n) is 12.0. The number of sulfone groups is 1. The smallest absolute Gasteiger partial charge is 0.225 e. The number of hydrogen-bond donors (Lipinski definition) is 1. The molecule has 2 fully saturated rings. The Kier molecular flexibility index (Phi) is 6.75. The summed E-state index contributed by atoms with van der Waals surface area (Å²) >= 11 is 0. The molecule has 1 N–H and O–H groups in total. The van der Waals surface area contributed by atoms with Crippen LogP contribution in [0, 0.1) is 11.8 Å². The summed E-state index contributed by atoms with van der Waals surface area (Å²) in [5, 5.41) is 3.26. The van der Waals surface area contributed by atoms with Crippen molar-refractivity contribution in [1.82, 2.24) is 10.2 Å². The van der Waals surface area contributed by atoms with Gasteiger partial charge in [0.1, 0.15) is 9.84 Å². The molecule has 0 saturated carbocycles. The van der Waals surface area contributed by atoms with Gasteiger partial charge in [-0.15, -0.1) is 12.4 Å². The van der Waals surface area contributed by atoms with Crippen LogP contribution in [0.2, 0.25) is 0 Å². The Morgan fingerprint density at radius 2 is 1.90 bits per heavy atom. The number of likely N-dealkylation sites (tertiary alicyclic amines) is 1. The van der Waals surface area contributed by atoms with E-state index in [1.165, 1.54) is 6.26 Å². The molecule has 5 nitrogen and oxygen atoms in total. The first-order valence-electron chi connectivity index (χ1n) is 7.13. The van der Waals surface area contributed by atoms with Crippen molar-refractivity contribution < 1.29 is 13.2 Å². The SMILES string of the molecule is CS(=O)(=O)CC1CCCN(C(=O)C2CCNCC2)C1.Cl. The van der Waals surface area contributed by atoms with Crippen molar-refractivity contribution in [3.05, 3.63) is 0 Å². The van der Waals surface area contributed by atoms with Gasteiger partial charge in [-0.1, -0.05) is 0 Å². The lowest BCUT2D eigenvalue weighted by Gasteiger charge is -2.35. The van der Waals surface area contributed by atoms with E-state index in [9.17, 15) is 13.2 Å². The molecule has 0 bridgehead atoms. The van der Waals surface area contributed by atoms with Crippen molar-refractivity contribution in [2.45, 2.75) is 25.7 Å². The molecule has 20 heavy (non-hydrogen) atoms. The molecule has 0 aromatic carbocycles. The van der Waals surface area contributed by atoms with Crippen LogP contribution in [0.5, 0.6) is 0 Å². The fraction of sp³-hybridized carbons (Fsp3) is 0.923. The van der Waals surface area contributed by atoms with Crippen LogP contribution in [-0.4, -0.2) is 57.4 Å². The van der Waals surface area contributed by atoms with E-state index in [1.807, 2.05) is 4.90 Å². The molecular formula is C13H25ClN2O3S. The molecule has 0 radical (unpaired) electrons. The lowest BCUT2D eigenvalue weighted by molar-refractivity contribution is -0.138. The van der Waals surface area contributed by atoms with Gasteiger partial charge in [0.05, 0.1) is 5.75 Å². The number of hydrogen-bond acceptors (Lipinski definition) is 4. The fourth-order valence-electron chi connectivity index (χ4n) is 3.16. The van der Waals surface area contributed by atoms with Gasteiger partial charge in [-0.05, 0) is 44.7 Å². The van der Waals surface area contributed by atoms with Crippen molar-refractivity contribution in [3.8, 4) is 0 Å². The number of rotatable bonds is 3. The van der Waals surface area contributed by atoms with Crippen molar-refractivity contribution >= 4 is 28.2 Å². The summed E-state index contributed by atoms with van der Waals surface area (Å²) in [6, 6.07) is 0. The van der Waals surface area contributed by atoms with Crippen LogP contribution in [0.3, 0.4) is 0 Å². The summed E-state index contributed by atoms with van der Waals surface area (Å²) in [7, 11) is -2.95. The maximum atomic E-state index is 12.4. The van der Waals surface area contributed by atoms with Crippen molar-refractivity contribution in [2.24, 2.45) is 11.8 Å². The lowest BCUT2D eigenvalue weighted by Crippen LogP contribution is -2.46. The predicted molar refractivity (Wildman–Crippen MR) is 81.9 cm³/mol. The van der Waals surface area contributed by atoms with Crippen LogP contribution in [-0.2, 0) is 14.6 Å². The second-order valence-corrected chi connectivity index (χ2v) is 8.09. The second kappa shape index (κ2) is 7.61. The van der Waals surface area contributed by atoms with Gasteiger partial charge in [0.2, 0.25) is 5.91 Å². The first-order valence-corrected chi connectivity index (χ1v) is 9.19. The minimum atomic E-state index is -2.95. The maximum absolute atomic E-state index is 12.4. The number of carbonyl (C=O) groups excluding carboxylic acids is 1. The Morgan fingerprint density at radius 3 is 2.50 bits per heavy atom. The molecule has 0 aliphatic carbocycles. The van der Waals surface area contributed by atoms with Gasteiger partial charge in [0.25, 0.3) is 0 Å². The van der Waals surface area contributed by atoms with E-state index in [0.29, 0.717) is 6.54 Å². The monoisotopic (exact) mass is 324 g/mol. The Hall–Kier alpha value is -0.330. The third kappa shape index (κ3) is 5.22. The largest absolute Gasteiger partial charge is 0.342 e. The Bertz CT molecular complexity index is 421. The van der Waals surface area contributed by atoms with Gasteiger partial charge in [0, 0.05) is 25.3 Å². The molecular weight excluding hydrogens is 300 g/mol. The molecule has 0 aromatic rings. The van der Waals surface area contributed by atoms with E-state index < -0.39 is 9.84 Å². The van der Waals surface area contributed by atoms with E-state index in [1.54, 1.807) is 0 Å². The molecule has 2 saturated heterocycles. The molecule has 0 spiro atoms. The van der Waals surface area contributed by atoms with Crippen LogP contribution < -0.4 is 5.32 Å². The van der Waals surface area contributed by atoms with Gasteiger partial charge in [-0.3, -0.25) is 4.79 Å². The minimum Gasteiger partial charge on any atom is -0.342 e. The predicted octanol–water partition coefficient (Wildman–Crippen LogP) is 0.691. The van der Waals surface area contributed by atoms with Crippen LogP contribution >= 0.6 is 12.4 Å². The molecule has 1 amide bonds. The highest BCUT2D eigenvalue weighted by molar-refractivity contribution is 7.90. The first kappa shape index (κ1) is 17.7.